The van der Waals surface area contributed by atoms with E-state index in [0.29, 0.717) is 17.6 Å². The predicted octanol–water partition coefficient (Wildman–Crippen LogP) is 3.08. The Morgan fingerprint density at radius 3 is 2.55 bits per heavy atom. The number of aldehydes is 1. The summed E-state index contributed by atoms with van der Waals surface area (Å²) in [7, 11) is 1.44. The van der Waals surface area contributed by atoms with Crippen LogP contribution in [-0.2, 0) is 0 Å². The number of methoxy groups -OCH3 is 1. The zero-order chi connectivity index (χ0) is 16.1. The maximum absolute atomic E-state index is 10.9. The Labute approximate surface area is 125 Å². The van der Waals surface area contributed by atoms with E-state index in [-0.39, 0.29) is 22.7 Å². The average molecular weight is 298 g/mol. The standard InChI is InChI=1S/C15H10N2O5/c1-21-13-4-10(9-18)5-14(7-13)22-15-3-2-12(17(19)20)6-11(15)8-16/h2-7,9H,1H3. The molecule has 0 saturated heterocycles. The lowest BCUT2D eigenvalue weighted by molar-refractivity contribution is -0.384. The van der Waals surface area contributed by atoms with Gasteiger partial charge in [-0.2, -0.15) is 5.26 Å². The Morgan fingerprint density at radius 1 is 1.23 bits per heavy atom. The van der Waals surface area contributed by atoms with E-state index in [0.717, 1.165) is 6.07 Å². The lowest BCUT2D eigenvalue weighted by Gasteiger charge is -2.09. The summed E-state index contributed by atoms with van der Waals surface area (Å²) in [5.41, 5.74) is 0.155. The molecule has 0 amide bonds. The first-order valence-electron chi connectivity index (χ1n) is 6.08. The van der Waals surface area contributed by atoms with Crippen LogP contribution in [0.5, 0.6) is 17.2 Å². The van der Waals surface area contributed by atoms with Crippen LogP contribution < -0.4 is 9.47 Å². The molecule has 0 saturated carbocycles. The van der Waals surface area contributed by atoms with Gasteiger partial charge in [-0.05, 0) is 18.2 Å². The van der Waals surface area contributed by atoms with Crippen LogP contribution in [0.3, 0.4) is 0 Å². The van der Waals surface area contributed by atoms with Gasteiger partial charge in [0.15, 0.2) is 0 Å². The topological polar surface area (TPSA) is 102 Å². The quantitative estimate of drug-likeness (QED) is 0.477. The molecule has 2 aromatic rings. The van der Waals surface area contributed by atoms with Crippen molar-refractivity contribution in [2.45, 2.75) is 0 Å². The first-order chi connectivity index (χ1) is 10.6. The summed E-state index contributed by atoms with van der Waals surface area (Å²) in [6.07, 6.45) is 0.635. The molecule has 22 heavy (non-hydrogen) atoms. The van der Waals surface area contributed by atoms with Crippen LogP contribution in [0.1, 0.15) is 15.9 Å². The molecule has 2 aromatic carbocycles. The SMILES string of the molecule is COc1cc(C=O)cc(Oc2ccc([N+](=O)[O-])cc2C#N)c1. The number of rotatable bonds is 5. The summed E-state index contributed by atoms with van der Waals surface area (Å²) in [5, 5.41) is 19.8. The smallest absolute Gasteiger partial charge is 0.271 e. The number of nitriles is 1. The van der Waals surface area contributed by atoms with Gasteiger partial charge in [0.25, 0.3) is 5.69 Å². The second-order valence-electron chi connectivity index (χ2n) is 4.21. The van der Waals surface area contributed by atoms with E-state index >= 15 is 0 Å². The number of nitro benzene ring substituents is 1. The molecule has 0 atom stereocenters. The molecule has 110 valence electrons. The number of hydrogen-bond acceptors (Lipinski definition) is 6. The molecule has 0 fully saturated rings. The predicted molar refractivity (Wildman–Crippen MR) is 76.3 cm³/mol. The van der Waals surface area contributed by atoms with Gasteiger partial charge < -0.3 is 9.47 Å². The molecule has 2 rings (SSSR count). The molecule has 0 heterocycles. The number of carbonyl (C=O) groups excluding carboxylic acids is 1. The summed E-state index contributed by atoms with van der Waals surface area (Å²) in [6.45, 7) is 0. The Kier molecular flexibility index (Phi) is 4.34. The minimum Gasteiger partial charge on any atom is -0.497 e. The normalized spacial score (nSPS) is 9.64. The summed E-state index contributed by atoms with van der Waals surface area (Å²) in [6, 6.07) is 10.1. The fourth-order valence-corrected chi connectivity index (χ4v) is 1.77. The number of carbonyl (C=O) groups is 1. The second-order valence-corrected chi connectivity index (χ2v) is 4.21. The van der Waals surface area contributed by atoms with E-state index in [1.54, 1.807) is 0 Å². The third-order valence-electron chi connectivity index (χ3n) is 2.80. The van der Waals surface area contributed by atoms with Crippen molar-refractivity contribution in [3.8, 4) is 23.3 Å². The lowest BCUT2D eigenvalue weighted by atomic mass is 10.2. The van der Waals surface area contributed by atoms with Gasteiger partial charge in [0.1, 0.15) is 35.2 Å². The molecular weight excluding hydrogens is 288 g/mol. The van der Waals surface area contributed by atoms with E-state index in [2.05, 4.69) is 0 Å². The fourth-order valence-electron chi connectivity index (χ4n) is 1.77. The van der Waals surface area contributed by atoms with Gasteiger partial charge in [0, 0.05) is 23.8 Å². The van der Waals surface area contributed by atoms with E-state index < -0.39 is 4.92 Å². The van der Waals surface area contributed by atoms with Gasteiger partial charge in [-0.25, -0.2) is 0 Å². The number of nitrogens with zero attached hydrogens (tertiary/aromatic N) is 2. The Morgan fingerprint density at radius 2 is 1.95 bits per heavy atom. The highest BCUT2D eigenvalue weighted by Gasteiger charge is 2.13. The molecule has 0 aliphatic carbocycles. The zero-order valence-electron chi connectivity index (χ0n) is 11.5. The Balaban J connectivity index is 2.40. The zero-order valence-corrected chi connectivity index (χ0v) is 11.5. The van der Waals surface area contributed by atoms with Crippen LogP contribution in [0.25, 0.3) is 0 Å². The lowest BCUT2D eigenvalue weighted by Crippen LogP contribution is -1.94. The van der Waals surface area contributed by atoms with Crippen molar-refractivity contribution in [2.75, 3.05) is 7.11 Å². The molecular formula is C15H10N2O5. The van der Waals surface area contributed by atoms with Crippen molar-refractivity contribution in [1.82, 2.24) is 0 Å². The number of non-ortho nitro benzene ring substituents is 1. The largest absolute Gasteiger partial charge is 0.497 e. The second kappa shape index (κ2) is 6.37. The monoisotopic (exact) mass is 298 g/mol. The average Bonchev–Trinajstić information content (AvgIpc) is 2.54. The number of ether oxygens (including phenoxy) is 2. The summed E-state index contributed by atoms with van der Waals surface area (Å²) in [5.74, 6) is 0.852. The number of benzene rings is 2. The fraction of sp³-hybridized carbons (Fsp3) is 0.0667. The number of hydrogen-bond donors (Lipinski definition) is 0. The van der Waals surface area contributed by atoms with E-state index in [4.69, 9.17) is 14.7 Å². The van der Waals surface area contributed by atoms with Gasteiger partial charge in [-0.15, -0.1) is 0 Å². The first kappa shape index (κ1) is 15.0. The maximum Gasteiger partial charge on any atom is 0.271 e. The highest BCUT2D eigenvalue weighted by Crippen LogP contribution is 2.30. The summed E-state index contributed by atoms with van der Waals surface area (Å²) < 4.78 is 10.6. The van der Waals surface area contributed by atoms with Crippen LogP contribution in [0, 0.1) is 21.4 Å². The maximum atomic E-state index is 10.9. The third-order valence-corrected chi connectivity index (χ3v) is 2.80. The third kappa shape index (κ3) is 3.19. The summed E-state index contributed by atoms with van der Waals surface area (Å²) >= 11 is 0. The minimum atomic E-state index is -0.597. The molecule has 0 radical (unpaired) electrons. The van der Waals surface area contributed by atoms with Gasteiger partial charge in [0.05, 0.1) is 12.0 Å². The van der Waals surface area contributed by atoms with Crippen molar-refractivity contribution in [1.29, 1.82) is 5.26 Å². The van der Waals surface area contributed by atoms with Crippen LogP contribution in [0.4, 0.5) is 5.69 Å². The molecule has 0 bridgehead atoms. The summed E-state index contributed by atoms with van der Waals surface area (Å²) in [4.78, 5) is 21.0. The molecule has 0 aromatic heterocycles. The highest BCUT2D eigenvalue weighted by atomic mass is 16.6. The minimum absolute atomic E-state index is 0.0182. The van der Waals surface area contributed by atoms with Gasteiger partial charge in [-0.1, -0.05) is 0 Å². The molecule has 0 unspecified atom stereocenters. The molecule has 7 heteroatoms. The van der Waals surface area contributed by atoms with Crippen molar-refractivity contribution >= 4 is 12.0 Å². The van der Waals surface area contributed by atoms with Gasteiger partial charge in [0.2, 0.25) is 0 Å². The molecule has 7 nitrogen and oxygen atoms in total. The van der Waals surface area contributed by atoms with Crippen molar-refractivity contribution < 1.29 is 19.2 Å². The van der Waals surface area contributed by atoms with E-state index in [9.17, 15) is 14.9 Å². The van der Waals surface area contributed by atoms with Crippen molar-refractivity contribution in [3.63, 3.8) is 0 Å². The highest BCUT2D eigenvalue weighted by molar-refractivity contribution is 5.76. The Bertz CT molecular complexity index is 780. The van der Waals surface area contributed by atoms with Gasteiger partial charge >= 0.3 is 0 Å². The molecule has 0 aliphatic heterocycles. The van der Waals surface area contributed by atoms with Crippen LogP contribution >= 0.6 is 0 Å². The van der Waals surface area contributed by atoms with Gasteiger partial charge in [-0.3, -0.25) is 14.9 Å². The van der Waals surface area contributed by atoms with Crippen molar-refractivity contribution in [3.05, 3.63) is 57.6 Å². The van der Waals surface area contributed by atoms with E-state index in [1.807, 2.05) is 6.07 Å². The van der Waals surface area contributed by atoms with Crippen LogP contribution in [0.2, 0.25) is 0 Å². The molecule has 0 N–H and O–H groups in total. The van der Waals surface area contributed by atoms with Crippen LogP contribution in [-0.4, -0.2) is 18.3 Å². The first-order valence-corrected chi connectivity index (χ1v) is 6.08. The molecule has 0 spiro atoms. The Hall–Kier alpha value is -3.40. The van der Waals surface area contributed by atoms with Crippen molar-refractivity contribution in [2.24, 2.45) is 0 Å². The number of nitro groups is 1. The van der Waals surface area contributed by atoms with E-state index in [1.165, 1.54) is 37.4 Å². The molecule has 0 aliphatic rings. The van der Waals surface area contributed by atoms with Crippen LogP contribution in [0.15, 0.2) is 36.4 Å².